The van der Waals surface area contributed by atoms with E-state index in [9.17, 15) is 5.11 Å². The van der Waals surface area contributed by atoms with Crippen LogP contribution < -0.4 is 5.73 Å². The molecule has 0 radical (unpaired) electrons. The third-order valence-electron chi connectivity index (χ3n) is 1.22. The van der Waals surface area contributed by atoms with Gasteiger partial charge in [-0.3, -0.25) is 0 Å². The molecule has 0 saturated carbocycles. The Balaban J connectivity index is 2.82. The van der Waals surface area contributed by atoms with Gasteiger partial charge < -0.3 is 15.3 Å². The molecule has 0 amide bonds. The Hall–Kier alpha value is -0.320. The third kappa shape index (κ3) is 1.39. The Morgan fingerprint density at radius 3 is 2.80 bits per heavy atom. The highest BCUT2D eigenvalue weighted by atomic mass is 79.9. The first-order valence-electron chi connectivity index (χ1n) is 2.85. The lowest BCUT2D eigenvalue weighted by Gasteiger charge is -2.03. The molecule has 56 valence electrons. The Morgan fingerprint density at radius 1 is 1.70 bits per heavy atom. The molecule has 0 aliphatic carbocycles. The Labute approximate surface area is 67.0 Å². The van der Waals surface area contributed by atoms with E-state index in [-0.39, 0.29) is 6.54 Å². The van der Waals surface area contributed by atoms with Crippen molar-refractivity contribution in [3.8, 4) is 0 Å². The molecular formula is C6H8BrNO2. The number of furan rings is 1. The number of aliphatic hydroxyl groups is 1. The van der Waals surface area contributed by atoms with Crippen LogP contribution in [0.1, 0.15) is 11.7 Å². The average molecular weight is 206 g/mol. The zero-order valence-corrected chi connectivity index (χ0v) is 6.84. The molecular weight excluding hydrogens is 198 g/mol. The fourth-order valence-corrected chi connectivity index (χ4v) is 1.12. The maximum atomic E-state index is 9.18. The van der Waals surface area contributed by atoms with Gasteiger partial charge in [0.1, 0.15) is 6.26 Å². The molecule has 1 rings (SSSR count). The van der Waals surface area contributed by atoms with E-state index in [1.807, 2.05) is 0 Å². The second-order valence-corrected chi connectivity index (χ2v) is 2.78. The number of aliphatic hydroxyl groups excluding tert-OH is 1. The van der Waals surface area contributed by atoms with Crippen LogP contribution in [0, 0.1) is 0 Å². The highest BCUT2D eigenvalue weighted by Crippen LogP contribution is 2.23. The second kappa shape index (κ2) is 3.18. The largest absolute Gasteiger partial charge is 0.471 e. The zero-order chi connectivity index (χ0) is 7.56. The van der Waals surface area contributed by atoms with Crippen molar-refractivity contribution in [2.45, 2.75) is 6.10 Å². The highest BCUT2D eigenvalue weighted by Gasteiger charge is 2.10. The number of nitrogens with two attached hydrogens (primary N) is 1. The molecule has 1 atom stereocenters. The van der Waals surface area contributed by atoms with Gasteiger partial charge in [0, 0.05) is 12.1 Å². The molecule has 3 N–H and O–H groups in total. The zero-order valence-electron chi connectivity index (χ0n) is 5.25. The summed E-state index contributed by atoms with van der Waals surface area (Å²) in [7, 11) is 0. The maximum Gasteiger partial charge on any atom is 0.105 e. The van der Waals surface area contributed by atoms with Crippen LogP contribution >= 0.6 is 15.9 Å². The summed E-state index contributed by atoms with van der Waals surface area (Å²) in [4.78, 5) is 0. The predicted octanol–water partition coefficient (Wildman–Crippen LogP) is 1.03. The van der Waals surface area contributed by atoms with Gasteiger partial charge in [-0.1, -0.05) is 0 Å². The fourth-order valence-electron chi connectivity index (χ4n) is 0.656. The van der Waals surface area contributed by atoms with Crippen molar-refractivity contribution in [3.63, 3.8) is 0 Å². The molecule has 0 spiro atoms. The summed E-state index contributed by atoms with van der Waals surface area (Å²) in [5.74, 6) is 0. The van der Waals surface area contributed by atoms with Crippen molar-refractivity contribution >= 4 is 15.9 Å². The molecule has 1 aromatic heterocycles. The van der Waals surface area contributed by atoms with Gasteiger partial charge in [0.15, 0.2) is 0 Å². The first kappa shape index (κ1) is 7.78. The Kier molecular flexibility index (Phi) is 2.48. The van der Waals surface area contributed by atoms with Crippen molar-refractivity contribution in [3.05, 3.63) is 22.6 Å². The van der Waals surface area contributed by atoms with Gasteiger partial charge in [0.05, 0.1) is 16.8 Å². The third-order valence-corrected chi connectivity index (χ3v) is 1.87. The predicted molar refractivity (Wildman–Crippen MR) is 40.4 cm³/mol. The normalized spacial score (nSPS) is 13.5. The van der Waals surface area contributed by atoms with Crippen LogP contribution in [0.15, 0.2) is 21.4 Å². The summed E-state index contributed by atoms with van der Waals surface area (Å²) in [5, 5.41) is 9.18. The molecule has 4 heteroatoms. The molecule has 0 fully saturated rings. The van der Waals surface area contributed by atoms with Gasteiger partial charge in [0.2, 0.25) is 0 Å². The van der Waals surface area contributed by atoms with Gasteiger partial charge in [-0.15, -0.1) is 0 Å². The molecule has 1 unspecified atom stereocenters. The van der Waals surface area contributed by atoms with E-state index in [2.05, 4.69) is 15.9 Å². The quantitative estimate of drug-likeness (QED) is 0.759. The summed E-state index contributed by atoms with van der Waals surface area (Å²) in [6, 6.07) is 0. The van der Waals surface area contributed by atoms with Crippen LogP contribution in [0.25, 0.3) is 0 Å². The van der Waals surface area contributed by atoms with Gasteiger partial charge in [-0.25, -0.2) is 0 Å². The Morgan fingerprint density at radius 2 is 2.40 bits per heavy atom. The van der Waals surface area contributed by atoms with Gasteiger partial charge in [-0.05, 0) is 15.9 Å². The smallest absolute Gasteiger partial charge is 0.105 e. The number of hydrogen-bond donors (Lipinski definition) is 2. The Bertz CT molecular complexity index is 211. The van der Waals surface area contributed by atoms with Crippen molar-refractivity contribution in [2.24, 2.45) is 5.73 Å². The summed E-state index contributed by atoms with van der Waals surface area (Å²) in [5.41, 5.74) is 5.92. The minimum Gasteiger partial charge on any atom is -0.471 e. The standard InChI is InChI=1S/C6H8BrNO2/c7-5-3-10-2-4(5)6(9)1-8/h2-3,6,9H,1,8H2. The van der Waals surface area contributed by atoms with E-state index in [1.165, 1.54) is 12.5 Å². The molecule has 0 saturated heterocycles. The summed E-state index contributed by atoms with van der Waals surface area (Å²) in [6.45, 7) is 0.206. The van der Waals surface area contributed by atoms with Crippen molar-refractivity contribution < 1.29 is 9.52 Å². The van der Waals surface area contributed by atoms with E-state index >= 15 is 0 Å². The van der Waals surface area contributed by atoms with Crippen LogP contribution in [0.5, 0.6) is 0 Å². The molecule has 1 aromatic rings. The maximum absolute atomic E-state index is 9.18. The van der Waals surface area contributed by atoms with E-state index < -0.39 is 6.10 Å². The van der Waals surface area contributed by atoms with Crippen molar-refractivity contribution in [1.29, 1.82) is 0 Å². The lowest BCUT2D eigenvalue weighted by molar-refractivity contribution is 0.185. The molecule has 3 nitrogen and oxygen atoms in total. The van der Waals surface area contributed by atoms with E-state index in [0.29, 0.717) is 5.56 Å². The molecule has 0 aliphatic heterocycles. The van der Waals surface area contributed by atoms with Gasteiger partial charge in [-0.2, -0.15) is 0 Å². The van der Waals surface area contributed by atoms with E-state index in [1.54, 1.807) is 0 Å². The minimum absolute atomic E-state index is 0.206. The van der Waals surface area contributed by atoms with Crippen LogP contribution in [0.2, 0.25) is 0 Å². The molecule has 0 aromatic carbocycles. The van der Waals surface area contributed by atoms with Crippen LogP contribution in [-0.2, 0) is 0 Å². The van der Waals surface area contributed by atoms with Crippen LogP contribution in [-0.4, -0.2) is 11.7 Å². The molecule has 0 bridgehead atoms. The SMILES string of the molecule is NCC(O)c1cocc1Br. The molecule has 0 aliphatic rings. The first-order valence-corrected chi connectivity index (χ1v) is 3.64. The number of rotatable bonds is 2. The van der Waals surface area contributed by atoms with E-state index in [0.717, 1.165) is 4.47 Å². The summed E-state index contributed by atoms with van der Waals surface area (Å²) < 4.78 is 5.56. The van der Waals surface area contributed by atoms with Gasteiger partial charge in [0.25, 0.3) is 0 Å². The van der Waals surface area contributed by atoms with E-state index in [4.69, 9.17) is 10.2 Å². The molecule has 1 heterocycles. The van der Waals surface area contributed by atoms with Crippen molar-refractivity contribution in [2.75, 3.05) is 6.54 Å². The topological polar surface area (TPSA) is 59.4 Å². The summed E-state index contributed by atoms with van der Waals surface area (Å²) in [6.07, 6.45) is 2.35. The van der Waals surface area contributed by atoms with Crippen LogP contribution in [0.4, 0.5) is 0 Å². The van der Waals surface area contributed by atoms with Crippen molar-refractivity contribution in [1.82, 2.24) is 0 Å². The van der Waals surface area contributed by atoms with Crippen LogP contribution in [0.3, 0.4) is 0 Å². The first-order chi connectivity index (χ1) is 4.75. The van der Waals surface area contributed by atoms with Gasteiger partial charge >= 0.3 is 0 Å². The molecule has 10 heavy (non-hydrogen) atoms. The minimum atomic E-state index is -0.631. The fraction of sp³-hybridized carbons (Fsp3) is 0.333. The number of halogens is 1. The highest BCUT2D eigenvalue weighted by molar-refractivity contribution is 9.10. The second-order valence-electron chi connectivity index (χ2n) is 1.93. The lowest BCUT2D eigenvalue weighted by atomic mass is 10.2. The monoisotopic (exact) mass is 205 g/mol. The summed E-state index contributed by atoms with van der Waals surface area (Å²) >= 11 is 3.20. The average Bonchev–Trinajstić information content (AvgIpc) is 2.34. The lowest BCUT2D eigenvalue weighted by Crippen LogP contribution is -2.10. The number of hydrogen-bond acceptors (Lipinski definition) is 3.